The molecule has 1 saturated heterocycles. The van der Waals surface area contributed by atoms with Crippen molar-refractivity contribution in [1.82, 2.24) is 4.90 Å². The fourth-order valence-electron chi connectivity index (χ4n) is 6.67. The largest absolute Gasteiger partial charge is 0.512 e. The molecular weight excluding hydrogens is 440 g/mol. The van der Waals surface area contributed by atoms with Gasteiger partial charge in [-0.05, 0) is 68.3 Å². The van der Waals surface area contributed by atoms with Crippen LogP contribution in [0.15, 0.2) is 40.1 Å². The molecule has 0 aromatic carbocycles. The molecule has 1 fully saturated rings. The first-order valence-corrected chi connectivity index (χ1v) is 14.7. The van der Waals surface area contributed by atoms with Gasteiger partial charge in [0.2, 0.25) is 0 Å². The van der Waals surface area contributed by atoms with Gasteiger partial charge in [-0.25, -0.2) is 0 Å². The molecule has 34 heavy (non-hydrogen) atoms. The van der Waals surface area contributed by atoms with Gasteiger partial charge < -0.3 is 14.7 Å². The molecule has 2 aliphatic carbocycles. The van der Waals surface area contributed by atoms with Crippen LogP contribution in [0.1, 0.15) is 79.6 Å². The highest BCUT2D eigenvalue weighted by atomic mass is 32.2. The minimum Gasteiger partial charge on any atom is -0.512 e. The van der Waals surface area contributed by atoms with Crippen LogP contribution >= 0.6 is 11.8 Å². The Hall–Kier alpha value is -1.20. The topological polar surface area (TPSA) is 45.1 Å². The lowest BCUT2D eigenvalue weighted by atomic mass is 9.61. The van der Waals surface area contributed by atoms with E-state index in [2.05, 4.69) is 69.0 Å². The molecule has 0 bridgehead atoms. The molecule has 1 N–H and O–H groups in total. The summed E-state index contributed by atoms with van der Waals surface area (Å²) in [6.07, 6.45) is 17.3. The first kappa shape index (κ1) is 25.9. The van der Waals surface area contributed by atoms with E-state index in [9.17, 15) is 5.11 Å². The molecule has 5 heteroatoms. The summed E-state index contributed by atoms with van der Waals surface area (Å²) in [5, 5.41) is 12.6. The molecule has 0 amide bonds. The van der Waals surface area contributed by atoms with Crippen molar-refractivity contribution in [2.45, 2.75) is 91.3 Å². The lowest BCUT2D eigenvalue weighted by Gasteiger charge is -2.54. The molecule has 0 radical (unpaired) electrons. The SMILES string of the molecule is CCCCCCC(C)(C)C1=CC2OC(C)(C)[C@H]3CC=C(CN4CCN=C4SC)C[C@@H]3C2C(O)=C1. The van der Waals surface area contributed by atoms with Crippen LogP contribution < -0.4 is 0 Å². The fraction of sp³-hybridized carbons (Fsp3) is 0.759. The van der Waals surface area contributed by atoms with Crippen molar-refractivity contribution < 1.29 is 9.84 Å². The molecular formula is C29H46N2O2S. The number of aliphatic hydroxyl groups excluding tert-OH is 1. The Morgan fingerprint density at radius 1 is 1.26 bits per heavy atom. The lowest BCUT2D eigenvalue weighted by molar-refractivity contribution is -0.177. The number of fused-ring (bicyclic) bond motifs is 3. The first-order valence-electron chi connectivity index (χ1n) is 13.5. The number of rotatable bonds is 8. The molecule has 2 unspecified atom stereocenters. The van der Waals surface area contributed by atoms with Crippen molar-refractivity contribution >= 4 is 16.9 Å². The molecule has 4 rings (SSSR count). The third-order valence-electron chi connectivity index (χ3n) is 8.71. The zero-order valence-electron chi connectivity index (χ0n) is 22.3. The Kier molecular flexibility index (Phi) is 7.93. The van der Waals surface area contributed by atoms with Crippen molar-refractivity contribution in [3.05, 3.63) is 35.1 Å². The molecule has 4 atom stereocenters. The third kappa shape index (κ3) is 5.31. The van der Waals surface area contributed by atoms with E-state index in [1.807, 2.05) is 0 Å². The molecule has 2 heterocycles. The number of thioether (sulfide) groups is 1. The van der Waals surface area contributed by atoms with Crippen LogP contribution in [0, 0.1) is 23.2 Å². The lowest BCUT2D eigenvalue weighted by Crippen LogP contribution is -2.55. The quantitative estimate of drug-likeness (QED) is 0.292. The van der Waals surface area contributed by atoms with Gasteiger partial charge in [-0.15, -0.1) is 0 Å². The Morgan fingerprint density at radius 2 is 2.06 bits per heavy atom. The average molecular weight is 487 g/mol. The second kappa shape index (κ2) is 10.4. The first-order chi connectivity index (χ1) is 16.2. The summed E-state index contributed by atoms with van der Waals surface area (Å²) < 4.78 is 6.75. The van der Waals surface area contributed by atoms with Gasteiger partial charge in [0, 0.05) is 19.0 Å². The fourth-order valence-corrected chi connectivity index (χ4v) is 7.30. The molecule has 0 aromatic heterocycles. The van der Waals surface area contributed by atoms with Crippen molar-refractivity contribution in [3.8, 4) is 0 Å². The van der Waals surface area contributed by atoms with Gasteiger partial charge in [0.25, 0.3) is 0 Å². The van der Waals surface area contributed by atoms with E-state index in [1.165, 1.54) is 42.0 Å². The van der Waals surface area contributed by atoms with Gasteiger partial charge >= 0.3 is 0 Å². The maximum absolute atomic E-state index is 11.4. The van der Waals surface area contributed by atoms with Gasteiger partial charge in [0.15, 0.2) is 5.17 Å². The standard InChI is InChI=1S/C29H46N2O2S/c1-7-8-9-10-13-28(2,3)21-17-24(32)26-22-16-20(19-31-15-14-30-27(31)34-6)11-12-23(22)29(4,5)33-25(26)18-21/h11,17-18,22-23,25-26,32H,7-10,12-16,19H2,1-6H3/t22-,23-,25?,26?/m0/s1. The van der Waals surface area contributed by atoms with E-state index < -0.39 is 0 Å². The molecule has 190 valence electrons. The van der Waals surface area contributed by atoms with Crippen molar-refractivity contribution in [1.29, 1.82) is 0 Å². The zero-order chi connectivity index (χ0) is 24.5. The van der Waals surface area contributed by atoms with Crippen molar-refractivity contribution in [2.75, 3.05) is 25.9 Å². The van der Waals surface area contributed by atoms with E-state index in [0.29, 0.717) is 17.6 Å². The van der Waals surface area contributed by atoms with Gasteiger partial charge in [-0.1, -0.05) is 75.9 Å². The zero-order valence-corrected chi connectivity index (χ0v) is 23.1. The summed E-state index contributed by atoms with van der Waals surface area (Å²) >= 11 is 1.75. The summed E-state index contributed by atoms with van der Waals surface area (Å²) in [5.41, 5.74) is 2.61. The number of allylic oxidation sites excluding steroid dienone is 3. The molecule has 0 spiro atoms. The van der Waals surface area contributed by atoms with E-state index in [4.69, 9.17) is 4.74 Å². The highest BCUT2D eigenvalue weighted by molar-refractivity contribution is 8.13. The number of hydrogen-bond acceptors (Lipinski definition) is 5. The molecule has 4 nitrogen and oxygen atoms in total. The number of hydrogen-bond donors (Lipinski definition) is 1. The number of nitrogens with zero attached hydrogens (tertiary/aromatic N) is 2. The summed E-state index contributed by atoms with van der Waals surface area (Å²) in [7, 11) is 0. The van der Waals surface area contributed by atoms with E-state index in [-0.39, 0.29) is 23.0 Å². The van der Waals surface area contributed by atoms with E-state index in [0.717, 1.165) is 38.9 Å². The number of unbranched alkanes of at least 4 members (excludes halogenated alkanes) is 3. The van der Waals surface area contributed by atoms with Crippen LogP contribution in [0.3, 0.4) is 0 Å². The predicted octanol–water partition coefficient (Wildman–Crippen LogP) is 7.15. The molecule has 4 aliphatic rings. The van der Waals surface area contributed by atoms with Crippen LogP contribution in [0.5, 0.6) is 0 Å². The van der Waals surface area contributed by atoms with Crippen LogP contribution in [0.2, 0.25) is 0 Å². The highest BCUT2D eigenvalue weighted by Gasteiger charge is 2.52. The maximum Gasteiger partial charge on any atom is 0.159 e. The Bertz CT molecular complexity index is 869. The Labute approximate surface area is 212 Å². The number of aliphatic hydroxyl groups is 1. The smallest absolute Gasteiger partial charge is 0.159 e. The van der Waals surface area contributed by atoms with Gasteiger partial charge in [-0.3, -0.25) is 4.99 Å². The van der Waals surface area contributed by atoms with Crippen molar-refractivity contribution in [2.24, 2.45) is 28.2 Å². The summed E-state index contributed by atoms with van der Waals surface area (Å²) in [4.78, 5) is 7.07. The maximum atomic E-state index is 11.4. The molecule has 2 aliphatic heterocycles. The monoisotopic (exact) mass is 486 g/mol. The normalized spacial score (nSPS) is 30.7. The number of ether oxygens (including phenoxy) is 1. The summed E-state index contributed by atoms with van der Waals surface area (Å²) in [6.45, 7) is 14.3. The van der Waals surface area contributed by atoms with Crippen LogP contribution in [0.25, 0.3) is 0 Å². The van der Waals surface area contributed by atoms with Gasteiger partial charge in [-0.2, -0.15) is 0 Å². The highest BCUT2D eigenvalue weighted by Crippen LogP contribution is 2.53. The van der Waals surface area contributed by atoms with E-state index in [1.54, 1.807) is 11.8 Å². The second-order valence-electron chi connectivity index (χ2n) is 12.0. The van der Waals surface area contributed by atoms with Crippen molar-refractivity contribution in [3.63, 3.8) is 0 Å². The number of amidine groups is 1. The van der Waals surface area contributed by atoms with Crippen LogP contribution in [-0.4, -0.2) is 52.8 Å². The summed E-state index contributed by atoms with van der Waals surface area (Å²) in [5.74, 6) is 1.45. The molecule has 0 saturated carbocycles. The Morgan fingerprint density at radius 3 is 2.79 bits per heavy atom. The third-order valence-corrected chi connectivity index (χ3v) is 9.47. The Balaban J connectivity index is 1.52. The number of aliphatic imine (C=N–C) groups is 1. The average Bonchev–Trinajstić information content (AvgIpc) is 3.23. The minimum absolute atomic E-state index is 0.0411. The van der Waals surface area contributed by atoms with E-state index >= 15 is 0 Å². The molecule has 0 aromatic rings. The minimum atomic E-state index is -0.197. The van der Waals surface area contributed by atoms with Crippen LogP contribution in [0.4, 0.5) is 0 Å². The van der Waals surface area contributed by atoms with Gasteiger partial charge in [0.1, 0.15) is 0 Å². The predicted molar refractivity (Wildman–Crippen MR) is 145 cm³/mol. The second-order valence-corrected chi connectivity index (χ2v) is 12.7. The van der Waals surface area contributed by atoms with Gasteiger partial charge in [0.05, 0.1) is 24.0 Å². The summed E-state index contributed by atoms with van der Waals surface area (Å²) in [6, 6.07) is 0. The van der Waals surface area contributed by atoms with Crippen LogP contribution in [-0.2, 0) is 4.74 Å².